The van der Waals surface area contributed by atoms with Crippen molar-refractivity contribution in [2.24, 2.45) is 0 Å². The highest BCUT2D eigenvalue weighted by atomic mass is 16.1. The van der Waals surface area contributed by atoms with Crippen molar-refractivity contribution in [3.8, 4) is 0 Å². The Bertz CT molecular complexity index is 254. The molecule has 0 aliphatic heterocycles. The number of rotatable bonds is 4. The third kappa shape index (κ3) is 3.01. The number of nitrogens with one attached hydrogen (secondary N) is 1. The molecule has 12 heavy (non-hydrogen) atoms. The van der Waals surface area contributed by atoms with Gasteiger partial charge in [0.25, 0.3) is 0 Å². The molecule has 0 atom stereocenters. The smallest absolute Gasteiger partial charge is 0.211 e. The number of allylic oxidation sites excluding steroid dienone is 1. The fourth-order valence-electron chi connectivity index (χ4n) is 0.916. The highest BCUT2D eigenvalue weighted by Crippen LogP contribution is 1.99. The van der Waals surface area contributed by atoms with Gasteiger partial charge in [-0.15, -0.1) is 0 Å². The largest absolute Gasteiger partial charge is 0.336 e. The molecule has 0 fully saturated rings. The van der Waals surface area contributed by atoms with E-state index >= 15 is 0 Å². The first-order valence-electron chi connectivity index (χ1n) is 3.82. The van der Waals surface area contributed by atoms with Crippen molar-refractivity contribution in [2.75, 3.05) is 0 Å². The van der Waals surface area contributed by atoms with E-state index in [4.69, 9.17) is 0 Å². The summed E-state index contributed by atoms with van der Waals surface area (Å²) in [5.74, 6) is 0. The van der Waals surface area contributed by atoms with Gasteiger partial charge in [-0.1, -0.05) is 36.4 Å². The van der Waals surface area contributed by atoms with E-state index in [-0.39, 0.29) is 0 Å². The van der Waals surface area contributed by atoms with Gasteiger partial charge in [-0.2, -0.15) is 0 Å². The maximum absolute atomic E-state index is 9.85. The molecule has 0 spiro atoms. The third-order valence-corrected chi connectivity index (χ3v) is 1.48. The first kappa shape index (κ1) is 8.53. The molecule has 2 nitrogen and oxygen atoms in total. The van der Waals surface area contributed by atoms with Gasteiger partial charge in [0.2, 0.25) is 6.41 Å². The molecular formula is C10H11NO. The summed E-state index contributed by atoms with van der Waals surface area (Å²) in [5, 5.41) is 2.46. The van der Waals surface area contributed by atoms with E-state index < -0.39 is 0 Å². The number of carbonyl (C=O) groups is 1. The van der Waals surface area contributed by atoms with Crippen LogP contribution >= 0.6 is 0 Å². The lowest BCUT2D eigenvalue weighted by atomic mass is 10.1. The lowest BCUT2D eigenvalue weighted by Crippen LogP contribution is -1.98. The highest BCUT2D eigenvalue weighted by molar-refractivity contribution is 5.47. The summed E-state index contributed by atoms with van der Waals surface area (Å²) in [4.78, 5) is 9.85. The molecule has 0 bridgehead atoms. The summed E-state index contributed by atoms with van der Waals surface area (Å²) in [5.41, 5.74) is 1.24. The molecule has 0 aromatic heterocycles. The van der Waals surface area contributed by atoms with Crippen LogP contribution in [-0.2, 0) is 11.2 Å². The standard InChI is InChI=1S/C10H11NO/c12-9-11-8-4-7-10-5-2-1-3-6-10/h1-6,8-9H,7H2,(H,11,12)/b8-4-. The Kier molecular flexibility index (Phi) is 3.64. The fraction of sp³-hybridized carbons (Fsp3) is 0.100. The van der Waals surface area contributed by atoms with Crippen LogP contribution in [0.2, 0.25) is 0 Å². The van der Waals surface area contributed by atoms with Gasteiger partial charge in [-0.25, -0.2) is 0 Å². The van der Waals surface area contributed by atoms with Crippen LogP contribution in [0.4, 0.5) is 0 Å². The van der Waals surface area contributed by atoms with Crippen LogP contribution in [0, 0.1) is 0 Å². The van der Waals surface area contributed by atoms with E-state index in [0.717, 1.165) is 6.42 Å². The first-order valence-corrected chi connectivity index (χ1v) is 3.82. The van der Waals surface area contributed by atoms with Crippen LogP contribution in [0.25, 0.3) is 0 Å². The predicted molar refractivity (Wildman–Crippen MR) is 48.5 cm³/mol. The summed E-state index contributed by atoms with van der Waals surface area (Å²) in [6.45, 7) is 0. The minimum Gasteiger partial charge on any atom is -0.336 e. The van der Waals surface area contributed by atoms with E-state index in [2.05, 4.69) is 5.32 Å². The molecule has 1 N–H and O–H groups in total. The van der Waals surface area contributed by atoms with E-state index in [1.54, 1.807) is 6.20 Å². The Hall–Kier alpha value is -1.57. The Morgan fingerprint density at radius 3 is 2.67 bits per heavy atom. The molecule has 1 amide bonds. The van der Waals surface area contributed by atoms with Gasteiger partial charge in [0, 0.05) is 0 Å². The van der Waals surface area contributed by atoms with Gasteiger partial charge in [0.05, 0.1) is 0 Å². The molecule has 0 aliphatic rings. The monoisotopic (exact) mass is 161 g/mol. The zero-order valence-electron chi connectivity index (χ0n) is 6.73. The number of hydrogen-bond acceptors (Lipinski definition) is 1. The van der Waals surface area contributed by atoms with Crippen LogP contribution in [0.15, 0.2) is 42.6 Å². The Balaban J connectivity index is 2.38. The summed E-state index contributed by atoms with van der Waals surface area (Å²) >= 11 is 0. The van der Waals surface area contributed by atoms with Crippen LogP contribution in [0.1, 0.15) is 5.56 Å². The van der Waals surface area contributed by atoms with Crippen molar-refractivity contribution in [1.82, 2.24) is 5.32 Å². The molecule has 0 heterocycles. The van der Waals surface area contributed by atoms with E-state index in [9.17, 15) is 4.79 Å². The molecule has 0 saturated carbocycles. The number of carbonyl (C=O) groups excluding carboxylic acids is 1. The topological polar surface area (TPSA) is 29.1 Å². The Morgan fingerprint density at radius 2 is 2.00 bits per heavy atom. The molecule has 1 aromatic rings. The van der Waals surface area contributed by atoms with Crippen LogP contribution < -0.4 is 5.32 Å². The first-order chi connectivity index (χ1) is 5.93. The van der Waals surface area contributed by atoms with Gasteiger partial charge < -0.3 is 5.32 Å². The molecule has 0 aliphatic carbocycles. The molecule has 0 radical (unpaired) electrons. The van der Waals surface area contributed by atoms with Crippen LogP contribution in [0.3, 0.4) is 0 Å². The van der Waals surface area contributed by atoms with Crippen LogP contribution in [0.5, 0.6) is 0 Å². The maximum atomic E-state index is 9.85. The number of hydrogen-bond donors (Lipinski definition) is 1. The maximum Gasteiger partial charge on any atom is 0.211 e. The quantitative estimate of drug-likeness (QED) is 0.666. The second-order valence-corrected chi connectivity index (χ2v) is 2.38. The normalized spacial score (nSPS) is 10.0. The number of benzene rings is 1. The fourth-order valence-corrected chi connectivity index (χ4v) is 0.916. The summed E-state index contributed by atoms with van der Waals surface area (Å²) < 4.78 is 0. The van der Waals surface area contributed by atoms with Crippen molar-refractivity contribution in [1.29, 1.82) is 0 Å². The van der Waals surface area contributed by atoms with E-state index in [0.29, 0.717) is 6.41 Å². The highest BCUT2D eigenvalue weighted by Gasteiger charge is 1.84. The Morgan fingerprint density at radius 1 is 1.25 bits per heavy atom. The molecule has 0 saturated heterocycles. The average molecular weight is 161 g/mol. The lowest BCUT2D eigenvalue weighted by molar-refractivity contribution is -0.108. The van der Waals surface area contributed by atoms with Gasteiger partial charge in [-0.3, -0.25) is 4.79 Å². The summed E-state index contributed by atoms with van der Waals surface area (Å²) in [7, 11) is 0. The summed E-state index contributed by atoms with van der Waals surface area (Å²) in [6, 6.07) is 10.1. The SMILES string of the molecule is O=CN/C=C\Cc1ccccc1. The summed E-state index contributed by atoms with van der Waals surface area (Å²) in [6.07, 6.45) is 5.05. The van der Waals surface area contributed by atoms with Crippen molar-refractivity contribution < 1.29 is 4.79 Å². The predicted octanol–water partition coefficient (Wildman–Crippen LogP) is 1.49. The molecule has 1 aromatic carbocycles. The van der Waals surface area contributed by atoms with Crippen molar-refractivity contribution in [2.45, 2.75) is 6.42 Å². The minimum absolute atomic E-state index is 0.654. The van der Waals surface area contributed by atoms with Gasteiger partial charge in [0.1, 0.15) is 0 Å². The molecular weight excluding hydrogens is 150 g/mol. The second kappa shape index (κ2) is 5.13. The second-order valence-electron chi connectivity index (χ2n) is 2.38. The van der Waals surface area contributed by atoms with Gasteiger partial charge >= 0.3 is 0 Å². The van der Waals surface area contributed by atoms with Gasteiger partial charge in [-0.05, 0) is 18.2 Å². The van der Waals surface area contributed by atoms with Crippen molar-refractivity contribution >= 4 is 6.41 Å². The third-order valence-electron chi connectivity index (χ3n) is 1.48. The zero-order chi connectivity index (χ0) is 8.65. The zero-order valence-corrected chi connectivity index (χ0v) is 6.73. The minimum atomic E-state index is 0.654. The molecule has 1 rings (SSSR count). The van der Waals surface area contributed by atoms with Crippen molar-refractivity contribution in [3.63, 3.8) is 0 Å². The molecule has 2 heteroatoms. The van der Waals surface area contributed by atoms with E-state index in [1.807, 2.05) is 36.4 Å². The number of amides is 1. The molecule has 0 unspecified atom stereocenters. The van der Waals surface area contributed by atoms with E-state index in [1.165, 1.54) is 5.56 Å². The van der Waals surface area contributed by atoms with Gasteiger partial charge in [0.15, 0.2) is 0 Å². The molecule has 62 valence electrons. The lowest BCUT2D eigenvalue weighted by Gasteiger charge is -1.93. The van der Waals surface area contributed by atoms with Crippen LogP contribution in [-0.4, -0.2) is 6.41 Å². The van der Waals surface area contributed by atoms with Crippen molar-refractivity contribution in [3.05, 3.63) is 48.2 Å². The average Bonchev–Trinajstić information content (AvgIpc) is 2.14. The Labute approximate surface area is 71.9 Å².